The van der Waals surface area contributed by atoms with Crippen LogP contribution in [0.4, 0.5) is 0 Å². The maximum atomic E-state index is 10.9. The van der Waals surface area contributed by atoms with Crippen molar-refractivity contribution in [1.29, 1.82) is 0 Å². The van der Waals surface area contributed by atoms with E-state index >= 15 is 0 Å². The van der Waals surface area contributed by atoms with Gasteiger partial charge in [0.2, 0.25) is 0 Å². The van der Waals surface area contributed by atoms with E-state index in [0.29, 0.717) is 0 Å². The second-order valence-electron chi connectivity index (χ2n) is 6.39. The quantitative estimate of drug-likeness (QED) is 0.493. The second-order valence-corrected chi connectivity index (χ2v) is 6.39. The molecule has 3 rings (SSSR count). The highest BCUT2D eigenvalue weighted by Gasteiger charge is 2.39. The normalized spacial score (nSPS) is 45.5. The van der Waals surface area contributed by atoms with E-state index in [1.54, 1.807) is 0 Å². The molecule has 0 radical (unpaired) electrons. The Kier molecular flexibility index (Phi) is 3.35. The van der Waals surface area contributed by atoms with Crippen LogP contribution in [0.3, 0.4) is 0 Å². The third-order valence-corrected chi connectivity index (χ3v) is 5.54. The Morgan fingerprint density at radius 2 is 1.59 bits per heavy atom. The monoisotopic (exact) mass is 232 g/mol. The number of hydrogen-bond acceptors (Lipinski definition) is 1. The van der Waals surface area contributed by atoms with Crippen LogP contribution in [0.5, 0.6) is 0 Å². The fraction of sp³-hybridized carbons (Fsp3) is 0.812. The van der Waals surface area contributed by atoms with Crippen molar-refractivity contribution in [3.63, 3.8) is 0 Å². The molecule has 5 atom stereocenters. The summed E-state index contributed by atoms with van der Waals surface area (Å²) in [6, 6.07) is 0. The molecule has 2 saturated carbocycles. The van der Waals surface area contributed by atoms with Gasteiger partial charge in [-0.3, -0.25) is 0 Å². The van der Waals surface area contributed by atoms with Crippen LogP contribution in [0.15, 0.2) is 12.2 Å². The van der Waals surface area contributed by atoms with Crippen LogP contribution >= 0.6 is 0 Å². The molecule has 0 heterocycles. The van der Waals surface area contributed by atoms with Gasteiger partial charge in [0, 0.05) is 5.92 Å². The van der Waals surface area contributed by atoms with Crippen molar-refractivity contribution in [3.8, 4) is 0 Å². The number of carbonyl (C=O) groups is 1. The predicted octanol–water partition coefficient (Wildman–Crippen LogP) is 3.98. The van der Waals surface area contributed by atoms with E-state index in [0.717, 1.165) is 36.4 Å². The lowest BCUT2D eigenvalue weighted by molar-refractivity contribution is -0.110. The highest BCUT2D eigenvalue weighted by atomic mass is 16.1. The van der Waals surface area contributed by atoms with Crippen LogP contribution in [0.1, 0.15) is 51.4 Å². The largest absolute Gasteiger partial charge is 0.303 e. The highest BCUT2D eigenvalue weighted by Crippen LogP contribution is 2.49. The first-order chi connectivity index (χ1) is 8.38. The zero-order valence-corrected chi connectivity index (χ0v) is 10.7. The van der Waals surface area contributed by atoms with Crippen molar-refractivity contribution in [1.82, 2.24) is 0 Å². The fourth-order valence-corrected chi connectivity index (χ4v) is 4.60. The van der Waals surface area contributed by atoms with Gasteiger partial charge in [-0.15, -0.1) is 0 Å². The number of rotatable bonds is 1. The van der Waals surface area contributed by atoms with Gasteiger partial charge in [0.15, 0.2) is 0 Å². The topological polar surface area (TPSA) is 17.1 Å². The smallest absolute Gasteiger partial charge is 0.126 e. The van der Waals surface area contributed by atoms with Crippen molar-refractivity contribution >= 4 is 6.29 Å². The van der Waals surface area contributed by atoms with Gasteiger partial charge in [-0.2, -0.15) is 0 Å². The second kappa shape index (κ2) is 4.96. The summed E-state index contributed by atoms with van der Waals surface area (Å²) in [4.78, 5) is 10.9. The number of hydrogen-bond donors (Lipinski definition) is 0. The summed E-state index contributed by atoms with van der Waals surface area (Å²) in [6.45, 7) is 0. The lowest BCUT2D eigenvalue weighted by atomic mass is 9.61. The minimum absolute atomic E-state index is 0.211. The van der Waals surface area contributed by atoms with Crippen molar-refractivity contribution in [3.05, 3.63) is 12.2 Å². The van der Waals surface area contributed by atoms with E-state index in [-0.39, 0.29) is 5.92 Å². The standard InChI is InChI=1S/C16H24O/c17-11-12-5-7-14-9-8-13-3-1-2-4-15(13)16(14)10-6-12/h6,10-16H,1-5,7-9H2. The number of allylic oxidation sites excluding steroid dienone is 2. The summed E-state index contributed by atoms with van der Waals surface area (Å²) in [7, 11) is 0. The lowest BCUT2D eigenvalue weighted by Gasteiger charge is -2.44. The van der Waals surface area contributed by atoms with Crippen LogP contribution in [0, 0.1) is 29.6 Å². The summed E-state index contributed by atoms with van der Waals surface area (Å²) in [6.07, 6.45) is 16.9. The number of aldehydes is 1. The van der Waals surface area contributed by atoms with Gasteiger partial charge in [-0.25, -0.2) is 0 Å². The molecule has 3 aliphatic carbocycles. The first-order valence-corrected chi connectivity index (χ1v) is 7.52. The van der Waals surface area contributed by atoms with Crippen molar-refractivity contribution < 1.29 is 4.79 Å². The maximum Gasteiger partial charge on any atom is 0.126 e. The van der Waals surface area contributed by atoms with Crippen LogP contribution in [0.2, 0.25) is 0 Å². The van der Waals surface area contributed by atoms with Gasteiger partial charge in [0.05, 0.1) is 0 Å². The highest BCUT2D eigenvalue weighted by molar-refractivity contribution is 5.56. The Balaban J connectivity index is 1.78. The molecule has 0 bridgehead atoms. The molecular formula is C16H24O. The Hall–Kier alpha value is -0.590. The third kappa shape index (κ3) is 2.21. The molecule has 0 spiro atoms. The number of carbonyl (C=O) groups excluding carboxylic acids is 1. The zero-order chi connectivity index (χ0) is 11.7. The maximum absolute atomic E-state index is 10.9. The Morgan fingerprint density at radius 1 is 0.824 bits per heavy atom. The molecule has 0 N–H and O–H groups in total. The SMILES string of the molecule is O=CC1C=CC2C(CC1)CCC1CCCCC12. The third-order valence-electron chi connectivity index (χ3n) is 5.54. The molecule has 0 aliphatic heterocycles. The molecule has 5 unspecified atom stereocenters. The van der Waals surface area contributed by atoms with Crippen LogP contribution < -0.4 is 0 Å². The predicted molar refractivity (Wildman–Crippen MR) is 69.6 cm³/mol. The van der Waals surface area contributed by atoms with Gasteiger partial charge < -0.3 is 4.79 Å². The molecule has 2 fully saturated rings. The lowest BCUT2D eigenvalue weighted by Crippen LogP contribution is -2.35. The van der Waals surface area contributed by atoms with Crippen LogP contribution in [-0.2, 0) is 4.79 Å². The van der Waals surface area contributed by atoms with Gasteiger partial charge in [0.1, 0.15) is 6.29 Å². The van der Waals surface area contributed by atoms with Crippen LogP contribution in [-0.4, -0.2) is 6.29 Å². The van der Waals surface area contributed by atoms with Crippen molar-refractivity contribution in [2.45, 2.75) is 51.4 Å². The average Bonchev–Trinajstić information content (AvgIpc) is 2.60. The zero-order valence-electron chi connectivity index (χ0n) is 10.7. The summed E-state index contributed by atoms with van der Waals surface area (Å²) < 4.78 is 0. The van der Waals surface area contributed by atoms with E-state index in [1.165, 1.54) is 44.9 Å². The average molecular weight is 232 g/mol. The molecule has 0 amide bonds. The Bertz CT molecular complexity index is 307. The molecular weight excluding hydrogens is 208 g/mol. The van der Waals surface area contributed by atoms with E-state index in [9.17, 15) is 4.79 Å². The molecule has 1 heteroatoms. The van der Waals surface area contributed by atoms with Crippen molar-refractivity contribution in [2.24, 2.45) is 29.6 Å². The first kappa shape index (κ1) is 11.5. The Morgan fingerprint density at radius 3 is 2.47 bits per heavy atom. The minimum atomic E-state index is 0.211. The Labute approximate surface area is 105 Å². The molecule has 17 heavy (non-hydrogen) atoms. The minimum Gasteiger partial charge on any atom is -0.303 e. The van der Waals surface area contributed by atoms with Crippen molar-refractivity contribution in [2.75, 3.05) is 0 Å². The molecule has 0 aromatic heterocycles. The molecule has 3 aliphatic rings. The van der Waals surface area contributed by atoms with Gasteiger partial charge in [0.25, 0.3) is 0 Å². The van der Waals surface area contributed by atoms with Gasteiger partial charge in [-0.1, -0.05) is 31.4 Å². The van der Waals surface area contributed by atoms with Gasteiger partial charge >= 0.3 is 0 Å². The number of fused-ring (bicyclic) bond motifs is 3. The summed E-state index contributed by atoms with van der Waals surface area (Å²) in [5, 5.41) is 0. The van der Waals surface area contributed by atoms with E-state index < -0.39 is 0 Å². The van der Waals surface area contributed by atoms with E-state index in [4.69, 9.17) is 0 Å². The summed E-state index contributed by atoms with van der Waals surface area (Å²) >= 11 is 0. The molecule has 0 aromatic carbocycles. The summed E-state index contributed by atoms with van der Waals surface area (Å²) in [5.74, 6) is 3.85. The van der Waals surface area contributed by atoms with E-state index in [1.807, 2.05) is 0 Å². The van der Waals surface area contributed by atoms with E-state index in [2.05, 4.69) is 12.2 Å². The molecule has 94 valence electrons. The fourth-order valence-electron chi connectivity index (χ4n) is 4.60. The van der Waals surface area contributed by atoms with Gasteiger partial charge in [-0.05, 0) is 55.8 Å². The first-order valence-electron chi connectivity index (χ1n) is 7.52. The molecule has 0 saturated heterocycles. The molecule has 1 nitrogen and oxygen atoms in total. The summed E-state index contributed by atoms with van der Waals surface area (Å²) in [5.41, 5.74) is 0. The van der Waals surface area contributed by atoms with Crippen LogP contribution in [0.25, 0.3) is 0 Å². The molecule has 0 aromatic rings.